The number of furan rings is 1. The fraction of sp³-hybridized carbons (Fsp3) is 0.0250. The molecule has 1 spiro atoms. The molecule has 3 nitrogen and oxygen atoms in total. The monoisotopic (exact) mass is 1050 g/mol. The van der Waals surface area contributed by atoms with Gasteiger partial charge in [0.1, 0.15) is 11.2 Å². The number of para-hydroxylation sites is 4. The van der Waals surface area contributed by atoms with E-state index >= 15 is 0 Å². The standard InChI is InChI=1S/C80H50N2O/c1-3-21-55(22-4-1)79(56-23-5-2-6-24-56)67-32-12-8-29-64(67)77-69(79)34-19-38-74(77)81(57-44-40-51(41-45-57)53-43-47-76-65(49-53)62-28-10-16-39-75(62)83-76)58-25-17-20-52(48-58)54-42-46-60-59-26-7-11-31-66(59)80(71(60)50-54)68-33-13-15-37-73(68)82-72-36-14-9-27-61(72)63-30-18-35-70(80)78(63)82/h1-50H. The molecule has 2 aromatic heterocycles. The minimum atomic E-state index is -0.564. The van der Waals surface area contributed by atoms with Crippen molar-refractivity contribution < 1.29 is 4.42 Å². The predicted molar refractivity (Wildman–Crippen MR) is 342 cm³/mol. The number of benzene rings is 13. The number of fused-ring (bicyclic) bond motifs is 18. The van der Waals surface area contributed by atoms with Gasteiger partial charge in [-0.05, 0) is 150 Å². The number of anilines is 3. The Morgan fingerprint density at radius 2 is 0.867 bits per heavy atom. The Morgan fingerprint density at radius 3 is 1.69 bits per heavy atom. The van der Waals surface area contributed by atoms with Crippen LogP contribution in [0.2, 0.25) is 0 Å². The lowest BCUT2D eigenvalue weighted by Gasteiger charge is -2.39. The largest absolute Gasteiger partial charge is 0.456 e. The van der Waals surface area contributed by atoms with Crippen LogP contribution in [-0.2, 0) is 10.8 Å². The van der Waals surface area contributed by atoms with Gasteiger partial charge in [0.05, 0.1) is 33.2 Å². The zero-order chi connectivity index (χ0) is 54.4. The van der Waals surface area contributed by atoms with Crippen molar-refractivity contribution in [3.8, 4) is 50.2 Å². The predicted octanol–water partition coefficient (Wildman–Crippen LogP) is 20.5. The van der Waals surface area contributed by atoms with E-state index in [9.17, 15) is 0 Å². The molecule has 1 unspecified atom stereocenters. The van der Waals surface area contributed by atoms with Crippen LogP contribution in [0, 0.1) is 0 Å². The molecule has 83 heavy (non-hydrogen) atoms. The van der Waals surface area contributed by atoms with E-state index in [0.29, 0.717) is 0 Å². The molecule has 1 aliphatic heterocycles. The van der Waals surface area contributed by atoms with E-state index in [4.69, 9.17) is 4.42 Å². The minimum Gasteiger partial charge on any atom is -0.456 e. The summed E-state index contributed by atoms with van der Waals surface area (Å²) in [5, 5.41) is 4.80. The molecule has 0 saturated heterocycles. The summed E-state index contributed by atoms with van der Waals surface area (Å²) in [5.74, 6) is 0. The molecule has 0 fully saturated rings. The zero-order valence-corrected chi connectivity index (χ0v) is 45.2. The van der Waals surface area contributed by atoms with E-state index in [0.717, 1.165) is 55.7 Å². The van der Waals surface area contributed by atoms with Crippen LogP contribution in [-0.4, -0.2) is 4.57 Å². The molecule has 15 aromatic rings. The zero-order valence-electron chi connectivity index (χ0n) is 45.2. The van der Waals surface area contributed by atoms with Gasteiger partial charge in [0, 0.05) is 38.5 Å². The average Bonchev–Trinajstić information content (AvgIpc) is 1.73. The Hall–Kier alpha value is -10.7. The lowest BCUT2D eigenvalue weighted by molar-refractivity contribution is 0.669. The third kappa shape index (κ3) is 6.23. The van der Waals surface area contributed by atoms with E-state index < -0.39 is 10.8 Å². The smallest absolute Gasteiger partial charge is 0.135 e. The van der Waals surface area contributed by atoms with Crippen LogP contribution in [0.3, 0.4) is 0 Å². The normalized spacial score (nSPS) is 14.9. The van der Waals surface area contributed by atoms with Crippen LogP contribution in [0.5, 0.6) is 0 Å². The van der Waals surface area contributed by atoms with Crippen molar-refractivity contribution in [2.75, 3.05) is 4.90 Å². The van der Waals surface area contributed by atoms with Crippen LogP contribution < -0.4 is 4.90 Å². The van der Waals surface area contributed by atoms with Gasteiger partial charge in [-0.2, -0.15) is 0 Å². The summed E-state index contributed by atoms with van der Waals surface area (Å²) in [6.07, 6.45) is 0. The molecular formula is C80H50N2O. The van der Waals surface area contributed by atoms with Crippen molar-refractivity contribution in [2.45, 2.75) is 10.8 Å². The van der Waals surface area contributed by atoms with Crippen LogP contribution in [0.4, 0.5) is 17.1 Å². The van der Waals surface area contributed by atoms with Gasteiger partial charge < -0.3 is 13.9 Å². The van der Waals surface area contributed by atoms with E-state index in [1.54, 1.807) is 0 Å². The van der Waals surface area contributed by atoms with E-state index in [1.807, 2.05) is 12.1 Å². The summed E-state index contributed by atoms with van der Waals surface area (Å²) in [6.45, 7) is 0. The van der Waals surface area contributed by atoms with Crippen molar-refractivity contribution in [1.29, 1.82) is 0 Å². The SMILES string of the molecule is c1ccc(C2(c3ccccc3)c3ccccc3-c3c(N(c4ccc(-c5ccc6oc7ccccc7c6c5)cc4)c4cccc(-c5ccc6c(c5)C5(c7ccccc7-6)c6ccccc6-n6c7ccccc7c7cccc5c76)c4)cccc32)cc1. The highest BCUT2D eigenvalue weighted by Gasteiger charge is 2.51. The number of hydrogen-bond donors (Lipinski definition) is 0. The van der Waals surface area contributed by atoms with Gasteiger partial charge in [0.2, 0.25) is 0 Å². The molecular weight excluding hydrogens is 1000 g/mol. The lowest BCUT2D eigenvalue weighted by Crippen LogP contribution is -2.33. The summed E-state index contributed by atoms with van der Waals surface area (Å²) < 4.78 is 8.80. The highest BCUT2D eigenvalue weighted by molar-refractivity contribution is 6.13. The second kappa shape index (κ2) is 17.4. The molecule has 386 valence electrons. The van der Waals surface area contributed by atoms with Gasteiger partial charge in [0.25, 0.3) is 0 Å². The Morgan fingerprint density at radius 1 is 0.301 bits per heavy atom. The first-order valence-corrected chi connectivity index (χ1v) is 28.8. The average molecular weight is 1060 g/mol. The topological polar surface area (TPSA) is 21.3 Å². The molecule has 1 atom stereocenters. The van der Waals surface area contributed by atoms with Crippen LogP contribution in [0.1, 0.15) is 44.5 Å². The molecule has 0 amide bonds. The Labute approximate surface area is 480 Å². The third-order valence-electron chi connectivity index (χ3n) is 18.7. The van der Waals surface area contributed by atoms with Gasteiger partial charge in [-0.1, -0.05) is 237 Å². The Kier molecular flexibility index (Phi) is 9.64. The summed E-state index contributed by atoms with van der Waals surface area (Å²) >= 11 is 0. The maximum atomic E-state index is 6.27. The molecule has 0 bridgehead atoms. The van der Waals surface area contributed by atoms with Gasteiger partial charge in [-0.3, -0.25) is 0 Å². The van der Waals surface area contributed by atoms with E-state index in [-0.39, 0.29) is 0 Å². The number of nitrogens with zero attached hydrogens (tertiary/aromatic N) is 2. The van der Waals surface area contributed by atoms with Gasteiger partial charge in [0.15, 0.2) is 0 Å². The highest BCUT2D eigenvalue weighted by atomic mass is 16.3. The molecule has 0 radical (unpaired) electrons. The van der Waals surface area contributed by atoms with Crippen LogP contribution >= 0.6 is 0 Å². The maximum absolute atomic E-state index is 6.27. The first-order chi connectivity index (χ1) is 41.2. The van der Waals surface area contributed by atoms with Crippen molar-refractivity contribution in [1.82, 2.24) is 4.57 Å². The summed E-state index contributed by atoms with van der Waals surface area (Å²) in [7, 11) is 0. The molecule has 3 aliphatic rings. The summed E-state index contributed by atoms with van der Waals surface area (Å²) in [5.41, 5.74) is 27.5. The van der Waals surface area contributed by atoms with Crippen LogP contribution in [0.15, 0.2) is 308 Å². The molecule has 0 N–H and O–H groups in total. The minimum absolute atomic E-state index is 0.563. The molecule has 0 saturated carbocycles. The second-order valence-corrected chi connectivity index (χ2v) is 22.6. The number of aromatic nitrogens is 1. The molecule has 18 rings (SSSR count). The van der Waals surface area contributed by atoms with Gasteiger partial charge >= 0.3 is 0 Å². The van der Waals surface area contributed by atoms with Gasteiger partial charge in [-0.25, -0.2) is 0 Å². The molecule has 13 aromatic carbocycles. The van der Waals surface area contributed by atoms with Crippen molar-refractivity contribution in [2.24, 2.45) is 0 Å². The Balaban J connectivity index is 0.851. The highest BCUT2D eigenvalue weighted by Crippen LogP contribution is 2.63. The van der Waals surface area contributed by atoms with E-state index in [1.165, 1.54) is 99.8 Å². The van der Waals surface area contributed by atoms with Gasteiger partial charge in [-0.15, -0.1) is 0 Å². The number of hydrogen-bond acceptors (Lipinski definition) is 2. The Bertz CT molecular complexity index is 5120. The van der Waals surface area contributed by atoms with Crippen LogP contribution in [0.25, 0.3) is 93.9 Å². The van der Waals surface area contributed by atoms with Crippen molar-refractivity contribution in [3.63, 3.8) is 0 Å². The summed E-state index contributed by atoms with van der Waals surface area (Å²) in [4.78, 5) is 2.50. The van der Waals surface area contributed by atoms with E-state index in [2.05, 4.69) is 301 Å². The fourth-order valence-electron chi connectivity index (χ4n) is 15.4. The molecule has 2 aliphatic carbocycles. The fourth-order valence-corrected chi connectivity index (χ4v) is 15.4. The van der Waals surface area contributed by atoms with Crippen molar-refractivity contribution in [3.05, 3.63) is 348 Å². The number of rotatable bonds is 7. The lowest BCUT2D eigenvalue weighted by atomic mass is 9.65. The quantitative estimate of drug-likeness (QED) is 0.159. The second-order valence-electron chi connectivity index (χ2n) is 22.6. The van der Waals surface area contributed by atoms with Crippen molar-refractivity contribution >= 4 is 60.8 Å². The maximum Gasteiger partial charge on any atom is 0.135 e. The summed E-state index contributed by atoms with van der Waals surface area (Å²) in [6, 6.07) is 113. The third-order valence-corrected chi connectivity index (χ3v) is 18.7. The molecule has 3 heterocycles. The first kappa shape index (κ1) is 46.1. The molecule has 3 heteroatoms. The first-order valence-electron chi connectivity index (χ1n) is 28.8.